The minimum Gasteiger partial charge on any atom is -0.365 e. The summed E-state index contributed by atoms with van der Waals surface area (Å²) in [4.78, 5) is 12.1. The smallest absolute Gasteiger partial charge is 0.256 e. The Hall–Kier alpha value is -3.28. The van der Waals surface area contributed by atoms with Gasteiger partial charge in [0.15, 0.2) is 5.82 Å². The molecular weight excluding hydrogens is 319 g/mol. The van der Waals surface area contributed by atoms with E-state index in [1.165, 1.54) is 12.1 Å². The maximum Gasteiger partial charge on any atom is 0.256 e. The number of anilines is 2. The van der Waals surface area contributed by atoms with Crippen molar-refractivity contribution < 1.29 is 9.18 Å². The summed E-state index contributed by atoms with van der Waals surface area (Å²) in [5.41, 5.74) is 2.58. The molecule has 0 saturated heterocycles. The highest BCUT2D eigenvalue weighted by molar-refractivity contribution is 6.03. The first-order chi connectivity index (χ1) is 12.1. The molecule has 3 aromatic rings. The van der Waals surface area contributed by atoms with Crippen molar-refractivity contribution >= 4 is 17.5 Å². The Balaban J connectivity index is 1.57. The van der Waals surface area contributed by atoms with Gasteiger partial charge in [-0.3, -0.25) is 4.79 Å². The van der Waals surface area contributed by atoms with E-state index in [-0.39, 0.29) is 11.7 Å². The zero-order valence-electron chi connectivity index (χ0n) is 13.7. The maximum absolute atomic E-state index is 12.9. The molecule has 0 saturated carbocycles. The highest BCUT2D eigenvalue weighted by Crippen LogP contribution is 2.11. The van der Waals surface area contributed by atoms with Crippen LogP contribution < -0.4 is 10.6 Å². The van der Waals surface area contributed by atoms with E-state index >= 15 is 0 Å². The molecule has 5 nitrogen and oxygen atoms in total. The van der Waals surface area contributed by atoms with Crippen LogP contribution in [0.25, 0.3) is 0 Å². The molecule has 1 amide bonds. The highest BCUT2D eigenvalue weighted by Gasteiger charge is 2.07. The molecule has 2 aromatic carbocycles. The zero-order valence-corrected chi connectivity index (χ0v) is 13.7. The van der Waals surface area contributed by atoms with Gasteiger partial charge < -0.3 is 10.6 Å². The number of carbonyl (C=O) groups excluding carboxylic acids is 1. The Bertz CT molecular complexity index is 846. The normalized spacial score (nSPS) is 10.3. The van der Waals surface area contributed by atoms with Crippen LogP contribution >= 0.6 is 0 Å². The molecule has 0 aliphatic carbocycles. The third kappa shape index (κ3) is 4.60. The van der Waals surface area contributed by atoms with E-state index in [2.05, 4.69) is 20.8 Å². The average Bonchev–Trinajstić information content (AvgIpc) is 2.63. The number of nitrogens with one attached hydrogen (secondary N) is 2. The lowest BCUT2D eigenvalue weighted by Crippen LogP contribution is -2.13. The van der Waals surface area contributed by atoms with E-state index in [0.29, 0.717) is 23.7 Å². The van der Waals surface area contributed by atoms with Crippen molar-refractivity contribution in [2.24, 2.45) is 0 Å². The minimum absolute atomic E-state index is 0.235. The quantitative estimate of drug-likeness (QED) is 0.744. The van der Waals surface area contributed by atoms with Crippen LogP contribution in [-0.2, 0) is 6.54 Å². The molecule has 126 valence electrons. The second-order valence-electron chi connectivity index (χ2n) is 5.60. The largest absolute Gasteiger partial charge is 0.365 e. The SMILES string of the molecule is Cc1ccc(C(=O)Nc2ccc(NCc3ccc(F)cc3)nn2)cc1. The van der Waals surface area contributed by atoms with Gasteiger partial charge in [0.1, 0.15) is 11.6 Å². The average molecular weight is 336 g/mol. The highest BCUT2D eigenvalue weighted by atomic mass is 19.1. The zero-order chi connectivity index (χ0) is 17.6. The summed E-state index contributed by atoms with van der Waals surface area (Å²) in [5, 5.41) is 13.8. The van der Waals surface area contributed by atoms with Crippen LogP contribution in [0.1, 0.15) is 21.5 Å². The second kappa shape index (κ2) is 7.53. The Morgan fingerprint density at radius 2 is 1.56 bits per heavy atom. The second-order valence-corrected chi connectivity index (χ2v) is 5.60. The Labute approximate surface area is 144 Å². The van der Waals surface area contributed by atoms with E-state index in [9.17, 15) is 9.18 Å². The lowest BCUT2D eigenvalue weighted by atomic mass is 10.1. The van der Waals surface area contributed by atoms with E-state index in [4.69, 9.17) is 0 Å². The molecule has 0 fully saturated rings. The molecule has 6 heteroatoms. The number of amides is 1. The van der Waals surface area contributed by atoms with Gasteiger partial charge in [-0.25, -0.2) is 4.39 Å². The molecule has 1 aromatic heterocycles. The van der Waals surface area contributed by atoms with Crippen LogP contribution in [0.5, 0.6) is 0 Å². The van der Waals surface area contributed by atoms with Crippen LogP contribution in [0.3, 0.4) is 0 Å². The topological polar surface area (TPSA) is 66.9 Å². The molecule has 0 aliphatic rings. The van der Waals surface area contributed by atoms with Gasteiger partial charge in [0, 0.05) is 12.1 Å². The Morgan fingerprint density at radius 3 is 2.20 bits per heavy atom. The molecule has 0 radical (unpaired) electrons. The summed E-state index contributed by atoms with van der Waals surface area (Å²) in [6.45, 7) is 2.47. The monoisotopic (exact) mass is 336 g/mol. The fraction of sp³-hybridized carbons (Fsp3) is 0.105. The lowest BCUT2D eigenvalue weighted by Gasteiger charge is -2.07. The fourth-order valence-electron chi connectivity index (χ4n) is 2.18. The van der Waals surface area contributed by atoms with Gasteiger partial charge in [0.05, 0.1) is 0 Å². The van der Waals surface area contributed by atoms with Gasteiger partial charge in [-0.1, -0.05) is 29.8 Å². The van der Waals surface area contributed by atoms with Gasteiger partial charge in [0.25, 0.3) is 5.91 Å². The van der Waals surface area contributed by atoms with Crippen LogP contribution in [0.2, 0.25) is 0 Å². The summed E-state index contributed by atoms with van der Waals surface area (Å²) < 4.78 is 12.9. The first kappa shape index (κ1) is 16.6. The molecule has 1 heterocycles. The number of benzene rings is 2. The van der Waals surface area contributed by atoms with Crippen molar-refractivity contribution in [3.05, 3.63) is 83.2 Å². The summed E-state index contributed by atoms with van der Waals surface area (Å²) in [6.07, 6.45) is 0. The summed E-state index contributed by atoms with van der Waals surface area (Å²) in [7, 11) is 0. The van der Waals surface area contributed by atoms with Crippen molar-refractivity contribution in [1.82, 2.24) is 10.2 Å². The van der Waals surface area contributed by atoms with Crippen molar-refractivity contribution in [3.63, 3.8) is 0 Å². The summed E-state index contributed by atoms with van der Waals surface area (Å²) >= 11 is 0. The predicted molar refractivity (Wildman–Crippen MR) is 94.9 cm³/mol. The van der Waals surface area contributed by atoms with E-state index in [1.54, 1.807) is 36.4 Å². The third-order valence-corrected chi connectivity index (χ3v) is 3.61. The molecule has 2 N–H and O–H groups in total. The van der Waals surface area contributed by atoms with Crippen molar-refractivity contribution in [3.8, 4) is 0 Å². The van der Waals surface area contributed by atoms with E-state index in [1.807, 2.05) is 19.1 Å². The molecule has 0 bridgehead atoms. The van der Waals surface area contributed by atoms with Gasteiger partial charge in [-0.15, -0.1) is 10.2 Å². The molecule has 25 heavy (non-hydrogen) atoms. The predicted octanol–water partition coefficient (Wildman–Crippen LogP) is 3.79. The number of hydrogen-bond donors (Lipinski definition) is 2. The minimum atomic E-state index is -0.266. The van der Waals surface area contributed by atoms with Crippen molar-refractivity contribution in [2.45, 2.75) is 13.5 Å². The standard InChI is InChI=1S/C19H17FN4O/c1-13-2-6-15(7-3-13)19(25)22-18-11-10-17(23-24-18)21-12-14-4-8-16(20)9-5-14/h2-11H,12H2,1H3,(H,21,23)(H,22,24,25). The number of hydrogen-bond acceptors (Lipinski definition) is 4. The fourth-order valence-corrected chi connectivity index (χ4v) is 2.18. The summed E-state index contributed by atoms with van der Waals surface area (Å²) in [6, 6.07) is 16.9. The van der Waals surface area contributed by atoms with Crippen LogP contribution in [0.4, 0.5) is 16.0 Å². The van der Waals surface area contributed by atoms with Crippen molar-refractivity contribution in [1.29, 1.82) is 0 Å². The maximum atomic E-state index is 12.9. The third-order valence-electron chi connectivity index (χ3n) is 3.61. The van der Waals surface area contributed by atoms with Gasteiger partial charge in [-0.2, -0.15) is 0 Å². The summed E-state index contributed by atoms with van der Waals surface area (Å²) in [5.74, 6) is 0.439. The molecule has 3 rings (SSSR count). The molecule has 0 spiro atoms. The van der Waals surface area contributed by atoms with E-state index < -0.39 is 0 Å². The number of halogens is 1. The number of rotatable bonds is 5. The van der Waals surface area contributed by atoms with Crippen LogP contribution in [0, 0.1) is 12.7 Å². The molecular formula is C19H17FN4O. The number of nitrogens with zero attached hydrogens (tertiary/aromatic N) is 2. The van der Waals surface area contributed by atoms with Crippen LogP contribution in [0.15, 0.2) is 60.7 Å². The number of aromatic nitrogens is 2. The Morgan fingerprint density at radius 1 is 0.920 bits per heavy atom. The number of aryl methyl sites for hydroxylation is 1. The van der Waals surface area contributed by atoms with Crippen molar-refractivity contribution in [2.75, 3.05) is 10.6 Å². The molecule has 0 atom stereocenters. The molecule has 0 aliphatic heterocycles. The van der Waals surface area contributed by atoms with Crippen LogP contribution in [-0.4, -0.2) is 16.1 Å². The van der Waals surface area contributed by atoms with Gasteiger partial charge in [-0.05, 0) is 48.9 Å². The molecule has 0 unspecified atom stereocenters. The first-order valence-electron chi connectivity index (χ1n) is 7.80. The van der Waals surface area contributed by atoms with Gasteiger partial charge >= 0.3 is 0 Å². The number of carbonyl (C=O) groups is 1. The first-order valence-corrected chi connectivity index (χ1v) is 7.80. The lowest BCUT2D eigenvalue weighted by molar-refractivity contribution is 0.102. The van der Waals surface area contributed by atoms with Gasteiger partial charge in [0.2, 0.25) is 0 Å². The van der Waals surface area contributed by atoms with E-state index in [0.717, 1.165) is 11.1 Å². The Kier molecular flexibility index (Phi) is 4.99.